The van der Waals surface area contributed by atoms with Gasteiger partial charge >= 0.3 is 0 Å². The standard InChI is InChI=1S/C36H30/c1-23-12-14-30-31-21-26(20-27-17-24(2)16-25(3)18-27)13-15-34(31)36(35(30)19-23)32-10-6-4-8-28(32)22-29-9-5-7-11-33(29)36/h4-19,21H,20,22H2,1-3H3. The molecule has 36 heavy (non-hydrogen) atoms. The summed E-state index contributed by atoms with van der Waals surface area (Å²) in [6.45, 7) is 6.61. The van der Waals surface area contributed by atoms with Gasteiger partial charge in [-0.25, -0.2) is 0 Å². The summed E-state index contributed by atoms with van der Waals surface area (Å²) >= 11 is 0. The van der Waals surface area contributed by atoms with Crippen molar-refractivity contribution in [2.75, 3.05) is 0 Å². The van der Waals surface area contributed by atoms with Crippen molar-refractivity contribution in [3.05, 3.63) is 164 Å². The van der Waals surface area contributed by atoms with Gasteiger partial charge in [0.25, 0.3) is 0 Å². The topological polar surface area (TPSA) is 0 Å². The molecule has 0 heteroatoms. The van der Waals surface area contributed by atoms with Crippen LogP contribution < -0.4 is 0 Å². The molecule has 0 amide bonds. The normalized spacial score (nSPS) is 14.2. The molecular weight excluding hydrogens is 432 g/mol. The van der Waals surface area contributed by atoms with Gasteiger partial charge in [-0.2, -0.15) is 0 Å². The summed E-state index contributed by atoms with van der Waals surface area (Å²) < 4.78 is 0. The van der Waals surface area contributed by atoms with Gasteiger partial charge in [0.2, 0.25) is 0 Å². The fraction of sp³-hybridized carbons (Fsp3) is 0.167. The van der Waals surface area contributed by atoms with Crippen molar-refractivity contribution in [1.82, 2.24) is 0 Å². The highest BCUT2D eigenvalue weighted by Gasteiger charge is 2.49. The molecule has 5 aromatic rings. The molecule has 0 saturated heterocycles. The largest absolute Gasteiger partial charge is 0.0719 e. The first-order chi connectivity index (χ1) is 17.5. The quantitative estimate of drug-likeness (QED) is 0.242. The average molecular weight is 463 g/mol. The third-order valence-electron chi connectivity index (χ3n) is 8.27. The fourth-order valence-electron chi connectivity index (χ4n) is 7.02. The number of fused-ring (bicyclic) bond motifs is 9. The summed E-state index contributed by atoms with van der Waals surface area (Å²) in [5.41, 5.74) is 17.9. The van der Waals surface area contributed by atoms with E-state index < -0.39 is 0 Å². The minimum absolute atomic E-state index is 0.263. The number of hydrogen-bond donors (Lipinski definition) is 0. The predicted octanol–water partition coefficient (Wildman–Crippen LogP) is 8.47. The molecule has 0 saturated carbocycles. The number of rotatable bonds is 2. The Morgan fingerprint density at radius 1 is 0.500 bits per heavy atom. The number of aryl methyl sites for hydroxylation is 3. The van der Waals surface area contributed by atoms with Crippen molar-refractivity contribution in [2.24, 2.45) is 0 Å². The van der Waals surface area contributed by atoms with Gasteiger partial charge in [0.1, 0.15) is 0 Å². The summed E-state index contributed by atoms with van der Waals surface area (Å²) in [7, 11) is 0. The maximum Gasteiger partial charge on any atom is 0.0719 e. The lowest BCUT2D eigenvalue weighted by Crippen LogP contribution is -2.34. The van der Waals surface area contributed by atoms with Crippen molar-refractivity contribution in [3.63, 3.8) is 0 Å². The van der Waals surface area contributed by atoms with Gasteiger partial charge in [-0.05, 0) is 89.2 Å². The van der Waals surface area contributed by atoms with Crippen LogP contribution in [-0.2, 0) is 18.3 Å². The minimum atomic E-state index is -0.263. The molecule has 0 unspecified atom stereocenters. The van der Waals surface area contributed by atoms with Crippen LogP contribution >= 0.6 is 0 Å². The van der Waals surface area contributed by atoms with E-state index in [9.17, 15) is 0 Å². The van der Waals surface area contributed by atoms with Crippen LogP contribution in [0.4, 0.5) is 0 Å². The molecule has 5 aromatic carbocycles. The third-order valence-corrected chi connectivity index (χ3v) is 8.27. The monoisotopic (exact) mass is 462 g/mol. The molecule has 0 radical (unpaired) electrons. The maximum absolute atomic E-state index is 2.47. The van der Waals surface area contributed by atoms with Crippen LogP contribution in [0.3, 0.4) is 0 Å². The van der Waals surface area contributed by atoms with Crippen molar-refractivity contribution >= 4 is 0 Å². The Balaban J connectivity index is 1.51. The first kappa shape index (κ1) is 21.4. The van der Waals surface area contributed by atoms with Crippen LogP contribution in [0.5, 0.6) is 0 Å². The Morgan fingerprint density at radius 3 is 1.86 bits per heavy atom. The summed E-state index contributed by atoms with van der Waals surface area (Å²) in [5.74, 6) is 0. The highest BCUT2D eigenvalue weighted by atomic mass is 14.5. The zero-order valence-corrected chi connectivity index (χ0v) is 21.2. The van der Waals surface area contributed by atoms with Gasteiger partial charge in [-0.15, -0.1) is 0 Å². The van der Waals surface area contributed by atoms with E-state index in [0.717, 1.165) is 12.8 Å². The van der Waals surface area contributed by atoms with Gasteiger partial charge in [0, 0.05) is 0 Å². The van der Waals surface area contributed by atoms with Crippen LogP contribution in [-0.4, -0.2) is 0 Å². The number of hydrogen-bond acceptors (Lipinski definition) is 0. The smallest absolute Gasteiger partial charge is 0.0620 e. The van der Waals surface area contributed by atoms with Crippen molar-refractivity contribution in [2.45, 2.75) is 39.0 Å². The van der Waals surface area contributed by atoms with E-state index in [1.54, 1.807) is 0 Å². The molecule has 174 valence electrons. The second-order valence-corrected chi connectivity index (χ2v) is 10.8. The molecule has 0 N–H and O–H groups in total. The summed E-state index contributed by atoms with van der Waals surface area (Å²) in [4.78, 5) is 0. The molecule has 7 rings (SSSR count). The van der Waals surface area contributed by atoms with Gasteiger partial charge in [-0.3, -0.25) is 0 Å². The lowest BCUT2D eigenvalue weighted by atomic mass is 9.61. The molecule has 1 spiro atoms. The molecule has 0 fully saturated rings. The lowest BCUT2D eigenvalue weighted by molar-refractivity contribution is 0.721. The molecular formula is C36H30. The second kappa shape index (κ2) is 7.80. The Kier molecular flexibility index (Phi) is 4.63. The minimum Gasteiger partial charge on any atom is -0.0620 e. The molecule has 0 nitrogen and oxygen atoms in total. The van der Waals surface area contributed by atoms with Crippen LogP contribution in [0.25, 0.3) is 11.1 Å². The summed E-state index contributed by atoms with van der Waals surface area (Å²) in [5, 5.41) is 0. The molecule has 0 bridgehead atoms. The highest BCUT2D eigenvalue weighted by Crippen LogP contribution is 2.59. The molecule has 2 aliphatic rings. The van der Waals surface area contributed by atoms with Crippen LogP contribution in [0, 0.1) is 20.8 Å². The molecule has 0 aromatic heterocycles. The van der Waals surface area contributed by atoms with Crippen LogP contribution in [0.2, 0.25) is 0 Å². The lowest BCUT2D eigenvalue weighted by Gasteiger charge is -2.40. The molecule has 0 aliphatic heterocycles. The highest BCUT2D eigenvalue weighted by molar-refractivity contribution is 5.88. The van der Waals surface area contributed by atoms with Crippen LogP contribution in [0.1, 0.15) is 61.2 Å². The summed E-state index contributed by atoms with van der Waals surface area (Å²) in [6, 6.07) is 39.5. The van der Waals surface area contributed by atoms with Crippen molar-refractivity contribution in [3.8, 4) is 11.1 Å². The van der Waals surface area contributed by atoms with Crippen molar-refractivity contribution < 1.29 is 0 Å². The SMILES string of the molecule is Cc1cc(C)cc(Cc2ccc3c(c2)-c2ccc(C)cc2C32c3ccccc3Cc3ccccc32)c1. The van der Waals surface area contributed by atoms with Crippen molar-refractivity contribution in [1.29, 1.82) is 0 Å². The first-order valence-corrected chi connectivity index (χ1v) is 13.0. The van der Waals surface area contributed by atoms with E-state index >= 15 is 0 Å². The Labute approximate surface area is 214 Å². The summed E-state index contributed by atoms with van der Waals surface area (Å²) in [6.07, 6.45) is 1.95. The van der Waals surface area contributed by atoms with Gasteiger partial charge in [0.05, 0.1) is 5.41 Å². The molecule has 0 atom stereocenters. The second-order valence-electron chi connectivity index (χ2n) is 10.8. The Hall–Kier alpha value is -3.90. The van der Waals surface area contributed by atoms with Gasteiger partial charge in [0.15, 0.2) is 0 Å². The fourth-order valence-corrected chi connectivity index (χ4v) is 7.02. The van der Waals surface area contributed by atoms with E-state index in [4.69, 9.17) is 0 Å². The van der Waals surface area contributed by atoms with Crippen LogP contribution in [0.15, 0.2) is 103 Å². The van der Waals surface area contributed by atoms with E-state index in [1.165, 1.54) is 72.3 Å². The maximum atomic E-state index is 2.47. The predicted molar refractivity (Wildman–Crippen MR) is 150 cm³/mol. The van der Waals surface area contributed by atoms with Gasteiger partial charge in [-0.1, -0.05) is 120 Å². The van der Waals surface area contributed by atoms with Gasteiger partial charge < -0.3 is 0 Å². The molecule has 2 aliphatic carbocycles. The zero-order chi connectivity index (χ0) is 24.4. The number of benzene rings is 5. The zero-order valence-electron chi connectivity index (χ0n) is 21.2. The van der Waals surface area contributed by atoms with E-state index in [1.807, 2.05) is 0 Å². The van der Waals surface area contributed by atoms with E-state index in [2.05, 4.69) is 124 Å². The average Bonchev–Trinajstić information content (AvgIpc) is 3.13. The van der Waals surface area contributed by atoms with E-state index in [0.29, 0.717) is 0 Å². The molecule has 0 heterocycles. The third kappa shape index (κ3) is 3.00. The Bertz CT molecular complexity index is 1600. The van der Waals surface area contributed by atoms with E-state index in [-0.39, 0.29) is 5.41 Å². The first-order valence-electron chi connectivity index (χ1n) is 13.0. The Morgan fingerprint density at radius 2 is 1.17 bits per heavy atom.